The van der Waals surface area contributed by atoms with Crippen LogP contribution in [0.25, 0.3) is 0 Å². The molecule has 1 unspecified atom stereocenters. The lowest BCUT2D eigenvalue weighted by Gasteiger charge is -2.10. The van der Waals surface area contributed by atoms with Gasteiger partial charge in [0.2, 0.25) is 0 Å². The number of carbonyl (C=O) groups is 2. The van der Waals surface area contributed by atoms with Crippen LogP contribution in [-0.4, -0.2) is 27.9 Å². The Balaban J connectivity index is 2.04. The molecule has 7 heteroatoms. The van der Waals surface area contributed by atoms with Gasteiger partial charge in [0.15, 0.2) is 0 Å². The molecule has 1 aliphatic rings. The molecule has 0 aliphatic carbocycles. The molecule has 1 aliphatic heterocycles. The van der Waals surface area contributed by atoms with Gasteiger partial charge in [-0.2, -0.15) is 0 Å². The minimum atomic E-state index is -0.380. The van der Waals surface area contributed by atoms with Crippen molar-refractivity contribution in [2.75, 3.05) is 0 Å². The summed E-state index contributed by atoms with van der Waals surface area (Å²) in [4.78, 5) is 29.1. The molecule has 0 saturated carbocycles. The quantitative estimate of drug-likeness (QED) is 0.666. The second kappa shape index (κ2) is 5.67. The highest BCUT2D eigenvalue weighted by Crippen LogP contribution is 2.18. The summed E-state index contributed by atoms with van der Waals surface area (Å²) in [5, 5.41) is 5.25. The molecule has 2 heterocycles. The van der Waals surface area contributed by atoms with E-state index in [-0.39, 0.29) is 24.5 Å². The van der Waals surface area contributed by atoms with Gasteiger partial charge in [0, 0.05) is 5.38 Å². The molecule has 3 amide bonds. The largest absolute Gasteiger partial charge is 0.326 e. The number of amides is 3. The summed E-state index contributed by atoms with van der Waals surface area (Å²) in [6.45, 7) is 2.21. The van der Waals surface area contributed by atoms with Gasteiger partial charge < -0.3 is 5.32 Å². The van der Waals surface area contributed by atoms with E-state index in [2.05, 4.69) is 10.3 Å². The van der Waals surface area contributed by atoms with Crippen LogP contribution in [0, 0.1) is 0 Å². The maximum atomic E-state index is 12.0. The minimum Gasteiger partial charge on any atom is -0.326 e. The van der Waals surface area contributed by atoms with Crippen molar-refractivity contribution in [3.63, 3.8) is 0 Å². The van der Waals surface area contributed by atoms with Crippen LogP contribution in [0.2, 0.25) is 0 Å². The predicted molar refractivity (Wildman–Crippen MR) is 69.4 cm³/mol. The molecule has 98 valence electrons. The van der Waals surface area contributed by atoms with Gasteiger partial charge in [-0.15, -0.1) is 22.9 Å². The van der Waals surface area contributed by atoms with E-state index < -0.39 is 0 Å². The number of hydrogen-bond acceptors (Lipinski definition) is 4. The lowest BCUT2D eigenvalue weighted by molar-refractivity contribution is -0.128. The second-order valence-electron chi connectivity index (χ2n) is 4.08. The molecule has 2 rings (SSSR count). The molecule has 0 radical (unpaired) electrons. The molecule has 18 heavy (non-hydrogen) atoms. The first-order chi connectivity index (χ1) is 8.65. The fourth-order valence-electron chi connectivity index (χ4n) is 1.83. The summed E-state index contributed by atoms with van der Waals surface area (Å²) >= 11 is 7.07. The van der Waals surface area contributed by atoms with Crippen LogP contribution < -0.4 is 5.32 Å². The Hall–Kier alpha value is -1.14. The number of rotatable bonds is 5. The summed E-state index contributed by atoms with van der Waals surface area (Å²) in [6, 6.07) is -0.712. The van der Waals surface area contributed by atoms with Crippen LogP contribution in [0.15, 0.2) is 5.38 Å². The van der Waals surface area contributed by atoms with Gasteiger partial charge in [0.05, 0.1) is 18.1 Å². The van der Waals surface area contributed by atoms with Gasteiger partial charge >= 0.3 is 6.03 Å². The molecular weight excluding hydrogens is 274 g/mol. The third-order valence-electron chi connectivity index (χ3n) is 2.71. The first-order valence-corrected chi connectivity index (χ1v) is 7.18. The number of carbonyl (C=O) groups excluding carboxylic acids is 2. The number of imide groups is 1. The minimum absolute atomic E-state index is 0.163. The van der Waals surface area contributed by atoms with E-state index in [1.807, 2.05) is 12.3 Å². The Kier molecular flexibility index (Phi) is 4.19. The van der Waals surface area contributed by atoms with E-state index in [0.717, 1.165) is 17.1 Å². The smallest absolute Gasteiger partial charge is 0.325 e. The van der Waals surface area contributed by atoms with E-state index in [1.165, 1.54) is 16.2 Å². The summed E-state index contributed by atoms with van der Waals surface area (Å²) < 4.78 is 0. The van der Waals surface area contributed by atoms with Crippen molar-refractivity contribution in [1.29, 1.82) is 0 Å². The molecule has 0 spiro atoms. The molecule has 1 atom stereocenters. The fraction of sp³-hybridized carbons (Fsp3) is 0.545. The molecule has 1 N–H and O–H groups in total. The molecule has 1 aromatic heterocycles. The van der Waals surface area contributed by atoms with Gasteiger partial charge in [-0.05, 0) is 6.42 Å². The molecule has 0 bridgehead atoms. The third-order valence-corrected chi connectivity index (χ3v) is 3.87. The van der Waals surface area contributed by atoms with Crippen molar-refractivity contribution >= 4 is 34.9 Å². The van der Waals surface area contributed by atoms with Gasteiger partial charge in [-0.3, -0.25) is 9.69 Å². The van der Waals surface area contributed by atoms with Crippen molar-refractivity contribution in [2.45, 2.75) is 38.2 Å². The zero-order chi connectivity index (χ0) is 13.1. The predicted octanol–water partition coefficient (Wildman–Crippen LogP) is 2.10. The van der Waals surface area contributed by atoms with Crippen LogP contribution in [0.5, 0.6) is 0 Å². The summed E-state index contributed by atoms with van der Waals surface area (Å²) in [7, 11) is 0. The van der Waals surface area contributed by atoms with Crippen LogP contribution in [0.3, 0.4) is 0 Å². The standard InChI is InChI=1S/C11H14ClN3O2S/c1-2-3-8-10(16)15(11(17)14-8)5-9-13-7(4-12)6-18-9/h6,8H,2-5H2,1H3,(H,14,17). The zero-order valence-corrected chi connectivity index (χ0v) is 11.6. The van der Waals surface area contributed by atoms with Crippen molar-refractivity contribution in [1.82, 2.24) is 15.2 Å². The van der Waals surface area contributed by atoms with E-state index >= 15 is 0 Å². The van der Waals surface area contributed by atoms with Crippen molar-refractivity contribution in [3.8, 4) is 0 Å². The number of aromatic nitrogens is 1. The fourth-order valence-corrected chi connectivity index (χ4v) is 2.84. The molecule has 0 aromatic carbocycles. The highest BCUT2D eigenvalue weighted by atomic mass is 35.5. The highest BCUT2D eigenvalue weighted by Gasteiger charge is 2.37. The normalized spacial score (nSPS) is 19.4. The zero-order valence-electron chi connectivity index (χ0n) is 9.98. The van der Waals surface area contributed by atoms with Crippen molar-refractivity contribution < 1.29 is 9.59 Å². The maximum Gasteiger partial charge on any atom is 0.325 e. The van der Waals surface area contributed by atoms with Gasteiger partial charge in [0.1, 0.15) is 11.0 Å². The SMILES string of the molecule is CCCC1NC(=O)N(Cc2nc(CCl)cs2)C1=O. The van der Waals surface area contributed by atoms with Crippen LogP contribution >= 0.6 is 22.9 Å². The maximum absolute atomic E-state index is 12.0. The molecule has 1 fully saturated rings. The number of halogens is 1. The Morgan fingerprint density at radius 3 is 2.94 bits per heavy atom. The lowest BCUT2D eigenvalue weighted by atomic mass is 10.2. The van der Waals surface area contributed by atoms with E-state index in [9.17, 15) is 9.59 Å². The van der Waals surface area contributed by atoms with Gasteiger partial charge in [-0.1, -0.05) is 13.3 Å². The topological polar surface area (TPSA) is 62.3 Å². The second-order valence-corrected chi connectivity index (χ2v) is 5.29. The Bertz CT molecular complexity index is 463. The molecular formula is C11H14ClN3O2S. The lowest BCUT2D eigenvalue weighted by Crippen LogP contribution is -2.30. The third kappa shape index (κ3) is 2.64. The number of hydrogen-bond donors (Lipinski definition) is 1. The number of urea groups is 1. The first-order valence-electron chi connectivity index (χ1n) is 5.76. The molecule has 5 nitrogen and oxygen atoms in total. The Labute approximate surface area is 114 Å². The van der Waals surface area contributed by atoms with Crippen LogP contribution in [0.1, 0.15) is 30.5 Å². The van der Waals surface area contributed by atoms with E-state index in [0.29, 0.717) is 12.3 Å². The first kappa shape index (κ1) is 13.3. The van der Waals surface area contributed by atoms with Crippen LogP contribution in [-0.2, 0) is 17.2 Å². The summed E-state index contributed by atoms with van der Waals surface area (Å²) in [5.41, 5.74) is 0.772. The highest BCUT2D eigenvalue weighted by molar-refractivity contribution is 7.09. The average Bonchev–Trinajstić information content (AvgIpc) is 2.91. The summed E-state index contributed by atoms with van der Waals surface area (Å²) in [6.07, 6.45) is 1.53. The van der Waals surface area contributed by atoms with Crippen molar-refractivity contribution in [2.24, 2.45) is 0 Å². The number of nitrogens with zero attached hydrogens (tertiary/aromatic N) is 2. The Morgan fingerprint density at radius 2 is 2.33 bits per heavy atom. The molecule has 1 aromatic rings. The van der Waals surface area contributed by atoms with Crippen LogP contribution in [0.4, 0.5) is 4.79 Å². The Morgan fingerprint density at radius 1 is 1.56 bits per heavy atom. The van der Waals surface area contributed by atoms with Gasteiger partial charge in [-0.25, -0.2) is 9.78 Å². The average molecular weight is 288 g/mol. The monoisotopic (exact) mass is 287 g/mol. The van der Waals surface area contributed by atoms with Gasteiger partial charge in [0.25, 0.3) is 5.91 Å². The number of nitrogens with one attached hydrogen (secondary N) is 1. The van der Waals surface area contributed by atoms with E-state index in [4.69, 9.17) is 11.6 Å². The van der Waals surface area contributed by atoms with Crippen molar-refractivity contribution in [3.05, 3.63) is 16.1 Å². The summed E-state index contributed by atoms with van der Waals surface area (Å²) in [5.74, 6) is 0.180. The number of thiazole rings is 1. The molecule has 1 saturated heterocycles. The van der Waals surface area contributed by atoms with E-state index in [1.54, 1.807) is 0 Å². The number of alkyl halides is 1.